The van der Waals surface area contributed by atoms with Crippen molar-refractivity contribution in [3.05, 3.63) is 90.7 Å². The highest BCUT2D eigenvalue weighted by Gasteiger charge is 2.30. The maximum Gasteiger partial charge on any atom is 0.258 e. The number of rotatable bonds is 6. The zero-order chi connectivity index (χ0) is 23.7. The minimum absolute atomic E-state index is 0.122. The Bertz CT molecular complexity index is 1250. The van der Waals surface area contributed by atoms with E-state index in [2.05, 4.69) is 13.8 Å². The summed E-state index contributed by atoms with van der Waals surface area (Å²) < 4.78 is 3.17. The zero-order valence-electron chi connectivity index (χ0n) is 19.6. The third-order valence-electron chi connectivity index (χ3n) is 6.27. The van der Waals surface area contributed by atoms with Crippen LogP contribution in [0.1, 0.15) is 73.2 Å². The first-order valence-corrected chi connectivity index (χ1v) is 11.1. The molecule has 2 heterocycles. The van der Waals surface area contributed by atoms with Crippen LogP contribution >= 0.6 is 0 Å². The molecule has 2 N–H and O–H groups in total. The zero-order valence-corrected chi connectivity index (χ0v) is 19.6. The summed E-state index contributed by atoms with van der Waals surface area (Å²) in [5.41, 5.74) is 3.15. The fourth-order valence-corrected chi connectivity index (χ4v) is 4.50. The van der Waals surface area contributed by atoms with E-state index in [1.807, 2.05) is 38.1 Å². The van der Waals surface area contributed by atoms with Crippen LogP contribution in [0.2, 0.25) is 0 Å². The molecule has 0 spiro atoms. The molecule has 0 radical (unpaired) electrons. The summed E-state index contributed by atoms with van der Waals surface area (Å²) in [6.07, 6.45) is 0. The number of benzene rings is 1. The molecule has 1 unspecified atom stereocenters. The highest BCUT2D eigenvalue weighted by Crippen LogP contribution is 2.40. The quantitative estimate of drug-likeness (QED) is 0.601. The number of aromatic hydroxyl groups is 2. The van der Waals surface area contributed by atoms with Gasteiger partial charge in [-0.15, -0.1) is 0 Å². The molecule has 0 saturated carbocycles. The molecule has 170 valence electrons. The number of nitrogens with zero attached hydrogens (tertiary/aromatic N) is 2. The van der Waals surface area contributed by atoms with Gasteiger partial charge in [-0.05, 0) is 50.8 Å². The van der Waals surface area contributed by atoms with Crippen LogP contribution in [0.4, 0.5) is 0 Å². The molecule has 0 bridgehead atoms. The first-order valence-electron chi connectivity index (χ1n) is 11.1. The van der Waals surface area contributed by atoms with E-state index in [0.717, 1.165) is 11.1 Å². The fraction of sp³-hybridized carbons (Fsp3) is 0.385. The van der Waals surface area contributed by atoms with Crippen LogP contribution in [0, 0.1) is 13.8 Å². The smallest absolute Gasteiger partial charge is 0.258 e. The predicted octanol–water partition coefficient (Wildman–Crippen LogP) is 4.38. The van der Waals surface area contributed by atoms with Crippen molar-refractivity contribution in [3.63, 3.8) is 0 Å². The van der Waals surface area contributed by atoms with Gasteiger partial charge in [-0.3, -0.25) is 9.59 Å². The van der Waals surface area contributed by atoms with Crippen LogP contribution in [0.3, 0.4) is 0 Å². The summed E-state index contributed by atoms with van der Waals surface area (Å²) >= 11 is 0. The molecule has 0 aliphatic carbocycles. The Balaban J connectivity index is 2.43. The van der Waals surface area contributed by atoms with Crippen molar-refractivity contribution in [2.45, 2.75) is 66.5 Å². The molecule has 3 aromatic rings. The molecule has 0 aliphatic rings. The van der Waals surface area contributed by atoms with E-state index < -0.39 is 5.92 Å². The van der Waals surface area contributed by atoms with Crippen LogP contribution in [0.15, 0.2) is 46.0 Å². The molecular formula is C26H32N2O4. The van der Waals surface area contributed by atoms with Crippen molar-refractivity contribution in [1.29, 1.82) is 0 Å². The largest absolute Gasteiger partial charge is 0.507 e. The van der Waals surface area contributed by atoms with Crippen LogP contribution in [0.25, 0.3) is 0 Å². The average Bonchev–Trinajstić information content (AvgIpc) is 2.72. The van der Waals surface area contributed by atoms with Crippen LogP contribution in [0.5, 0.6) is 11.5 Å². The molecule has 6 nitrogen and oxygen atoms in total. The van der Waals surface area contributed by atoms with Gasteiger partial charge in [0, 0.05) is 42.0 Å². The molecule has 0 saturated heterocycles. The first kappa shape index (κ1) is 23.4. The van der Waals surface area contributed by atoms with Gasteiger partial charge in [0.1, 0.15) is 11.5 Å². The van der Waals surface area contributed by atoms with Crippen molar-refractivity contribution < 1.29 is 10.2 Å². The Morgan fingerprint density at radius 3 is 1.88 bits per heavy atom. The highest BCUT2D eigenvalue weighted by atomic mass is 16.3. The minimum Gasteiger partial charge on any atom is -0.507 e. The first-order chi connectivity index (χ1) is 15.1. The van der Waals surface area contributed by atoms with E-state index in [9.17, 15) is 19.8 Å². The number of hydrogen-bond acceptors (Lipinski definition) is 4. The Hall–Kier alpha value is -3.28. The number of hydrogen-bond donors (Lipinski definition) is 2. The Morgan fingerprint density at radius 1 is 0.812 bits per heavy atom. The van der Waals surface area contributed by atoms with E-state index in [1.54, 1.807) is 29.0 Å². The molecule has 6 heteroatoms. The standard InChI is InChI=1S/C26H32N2O4/c1-7-27-16(5)13-20(29)25(26(27)32)24(19-11-9-18(10-12-19)15(3)4)23-17(6)28(8-2)22(31)14-21(23)30/h9-15,24,29-30H,7-8H2,1-6H3. The Labute approximate surface area is 188 Å². The van der Waals surface area contributed by atoms with Gasteiger partial charge in [0.15, 0.2) is 0 Å². The number of aryl methyl sites for hydroxylation is 1. The van der Waals surface area contributed by atoms with Gasteiger partial charge in [-0.1, -0.05) is 38.1 Å². The van der Waals surface area contributed by atoms with Crippen molar-refractivity contribution in [2.24, 2.45) is 0 Å². The van der Waals surface area contributed by atoms with E-state index in [1.165, 1.54) is 6.07 Å². The fourth-order valence-electron chi connectivity index (χ4n) is 4.50. The number of aromatic nitrogens is 2. The monoisotopic (exact) mass is 436 g/mol. The Kier molecular flexibility index (Phi) is 6.63. The molecule has 3 rings (SSSR count). The second-order valence-electron chi connectivity index (χ2n) is 8.50. The summed E-state index contributed by atoms with van der Waals surface area (Å²) in [7, 11) is 0. The van der Waals surface area contributed by atoms with Gasteiger partial charge in [-0.2, -0.15) is 0 Å². The summed E-state index contributed by atoms with van der Waals surface area (Å²) in [5.74, 6) is -0.703. The van der Waals surface area contributed by atoms with Crippen molar-refractivity contribution in [3.8, 4) is 11.5 Å². The molecule has 1 aromatic carbocycles. The van der Waals surface area contributed by atoms with Gasteiger partial charge in [0.05, 0.1) is 5.56 Å². The average molecular weight is 437 g/mol. The SMILES string of the molecule is CCn1c(C)c(C(c2ccc(C(C)C)cc2)c2c(O)cc(C)n(CC)c2=O)c(O)cc1=O. The molecular weight excluding hydrogens is 404 g/mol. The molecule has 0 fully saturated rings. The van der Waals surface area contributed by atoms with Crippen molar-refractivity contribution in [2.75, 3.05) is 0 Å². The topological polar surface area (TPSA) is 84.5 Å². The summed E-state index contributed by atoms with van der Waals surface area (Å²) in [6.45, 7) is 12.4. The molecule has 0 aliphatic heterocycles. The maximum absolute atomic E-state index is 13.5. The summed E-state index contributed by atoms with van der Waals surface area (Å²) in [5, 5.41) is 21.8. The third kappa shape index (κ3) is 3.97. The van der Waals surface area contributed by atoms with Crippen molar-refractivity contribution in [1.82, 2.24) is 9.13 Å². The lowest BCUT2D eigenvalue weighted by atomic mass is 9.83. The van der Waals surface area contributed by atoms with Gasteiger partial charge in [0.2, 0.25) is 0 Å². The van der Waals surface area contributed by atoms with Gasteiger partial charge < -0.3 is 19.3 Å². The summed E-state index contributed by atoms with van der Waals surface area (Å²) in [6, 6.07) is 10.6. The molecule has 0 amide bonds. The lowest BCUT2D eigenvalue weighted by Crippen LogP contribution is -2.29. The summed E-state index contributed by atoms with van der Waals surface area (Å²) in [4.78, 5) is 25.9. The molecule has 32 heavy (non-hydrogen) atoms. The normalized spacial score (nSPS) is 12.3. The van der Waals surface area contributed by atoms with Crippen LogP contribution < -0.4 is 11.1 Å². The van der Waals surface area contributed by atoms with Gasteiger partial charge >= 0.3 is 0 Å². The predicted molar refractivity (Wildman–Crippen MR) is 127 cm³/mol. The van der Waals surface area contributed by atoms with E-state index in [-0.39, 0.29) is 28.2 Å². The van der Waals surface area contributed by atoms with E-state index in [0.29, 0.717) is 36.0 Å². The third-order valence-corrected chi connectivity index (χ3v) is 6.27. The van der Waals surface area contributed by atoms with E-state index >= 15 is 0 Å². The van der Waals surface area contributed by atoms with Gasteiger partial charge in [0.25, 0.3) is 11.1 Å². The lowest BCUT2D eigenvalue weighted by Gasteiger charge is -2.25. The van der Waals surface area contributed by atoms with Crippen LogP contribution in [-0.4, -0.2) is 19.3 Å². The molecule has 2 aromatic heterocycles. The van der Waals surface area contributed by atoms with E-state index in [4.69, 9.17) is 0 Å². The highest BCUT2D eigenvalue weighted by molar-refractivity contribution is 5.54. The second kappa shape index (κ2) is 9.07. The number of pyridine rings is 2. The second-order valence-corrected chi connectivity index (χ2v) is 8.50. The lowest BCUT2D eigenvalue weighted by molar-refractivity contribution is 0.449. The maximum atomic E-state index is 13.5. The minimum atomic E-state index is -0.736. The Morgan fingerprint density at radius 2 is 1.34 bits per heavy atom. The van der Waals surface area contributed by atoms with Crippen molar-refractivity contribution >= 4 is 0 Å². The van der Waals surface area contributed by atoms with Gasteiger partial charge in [-0.25, -0.2) is 0 Å². The van der Waals surface area contributed by atoms with Crippen LogP contribution in [-0.2, 0) is 13.1 Å². The molecule has 1 atom stereocenters.